The number of esters is 1. The van der Waals surface area contributed by atoms with Gasteiger partial charge in [-0.1, -0.05) is 12.1 Å². The second-order valence-corrected chi connectivity index (χ2v) is 5.25. The minimum Gasteiger partial charge on any atom is -0.459 e. The molecule has 3 nitrogen and oxygen atoms in total. The van der Waals surface area contributed by atoms with Crippen molar-refractivity contribution < 1.29 is 9.53 Å². The van der Waals surface area contributed by atoms with Crippen molar-refractivity contribution >= 4 is 5.97 Å². The zero-order valence-electron chi connectivity index (χ0n) is 10.5. The number of piperidine rings is 1. The van der Waals surface area contributed by atoms with Crippen molar-refractivity contribution in [3.05, 3.63) is 35.4 Å². The van der Waals surface area contributed by atoms with Gasteiger partial charge in [0.2, 0.25) is 0 Å². The first kappa shape index (κ1) is 11.7. The van der Waals surface area contributed by atoms with Gasteiger partial charge in [-0.15, -0.1) is 0 Å². The molecule has 0 aromatic heterocycles. The van der Waals surface area contributed by atoms with E-state index in [1.807, 2.05) is 18.2 Å². The zero-order chi connectivity index (χ0) is 12.4. The van der Waals surface area contributed by atoms with Crippen LogP contribution in [0.2, 0.25) is 0 Å². The molecule has 96 valence electrons. The summed E-state index contributed by atoms with van der Waals surface area (Å²) in [4.78, 5) is 11.9. The van der Waals surface area contributed by atoms with Crippen LogP contribution in [0.5, 0.6) is 0 Å². The highest BCUT2D eigenvalue weighted by molar-refractivity contribution is 5.89. The van der Waals surface area contributed by atoms with Crippen molar-refractivity contribution in [2.24, 2.45) is 0 Å². The van der Waals surface area contributed by atoms with E-state index in [2.05, 4.69) is 11.4 Å². The van der Waals surface area contributed by atoms with Crippen LogP contribution in [0.25, 0.3) is 0 Å². The van der Waals surface area contributed by atoms with Gasteiger partial charge >= 0.3 is 5.97 Å². The summed E-state index contributed by atoms with van der Waals surface area (Å²) in [5, 5.41) is 3.36. The lowest BCUT2D eigenvalue weighted by atomic mass is 9.89. The summed E-state index contributed by atoms with van der Waals surface area (Å²) in [6.07, 6.45) is 4.54. The van der Waals surface area contributed by atoms with E-state index in [0.717, 1.165) is 38.8 Å². The van der Waals surface area contributed by atoms with Crippen LogP contribution >= 0.6 is 0 Å². The van der Waals surface area contributed by atoms with Gasteiger partial charge in [-0.2, -0.15) is 0 Å². The highest BCUT2D eigenvalue weighted by atomic mass is 16.5. The third kappa shape index (κ3) is 2.72. The topological polar surface area (TPSA) is 38.3 Å². The molecule has 1 saturated carbocycles. The fourth-order valence-electron chi connectivity index (χ4n) is 2.48. The van der Waals surface area contributed by atoms with Crippen LogP contribution < -0.4 is 5.32 Å². The Labute approximate surface area is 108 Å². The van der Waals surface area contributed by atoms with Crippen molar-refractivity contribution in [1.29, 1.82) is 0 Å². The molecule has 1 heterocycles. The maximum atomic E-state index is 11.9. The lowest BCUT2D eigenvalue weighted by molar-refractivity contribution is 0.0472. The van der Waals surface area contributed by atoms with Gasteiger partial charge in [-0.25, -0.2) is 4.79 Å². The number of rotatable bonds is 3. The molecule has 0 atom stereocenters. The van der Waals surface area contributed by atoms with E-state index in [1.54, 1.807) is 0 Å². The average molecular weight is 245 g/mol. The monoisotopic (exact) mass is 245 g/mol. The largest absolute Gasteiger partial charge is 0.459 e. The third-order valence-corrected chi connectivity index (χ3v) is 3.73. The van der Waals surface area contributed by atoms with Gasteiger partial charge < -0.3 is 10.1 Å². The molecule has 18 heavy (non-hydrogen) atoms. The Hall–Kier alpha value is -1.35. The summed E-state index contributed by atoms with van der Waals surface area (Å²) in [5.41, 5.74) is 1.99. The van der Waals surface area contributed by atoms with E-state index < -0.39 is 0 Å². The number of carbonyl (C=O) groups is 1. The molecule has 1 aromatic carbocycles. The van der Waals surface area contributed by atoms with E-state index in [-0.39, 0.29) is 12.1 Å². The smallest absolute Gasteiger partial charge is 0.338 e. The fourth-order valence-corrected chi connectivity index (χ4v) is 2.48. The average Bonchev–Trinajstić information content (AvgIpc) is 3.24. The van der Waals surface area contributed by atoms with E-state index >= 15 is 0 Å². The van der Waals surface area contributed by atoms with Gasteiger partial charge in [0, 0.05) is 0 Å². The number of hydrogen-bond donors (Lipinski definition) is 1. The minimum atomic E-state index is -0.159. The Balaban J connectivity index is 1.72. The van der Waals surface area contributed by atoms with E-state index in [0.29, 0.717) is 11.5 Å². The molecule has 0 amide bonds. The molecule has 0 radical (unpaired) electrons. The third-order valence-electron chi connectivity index (χ3n) is 3.73. The van der Waals surface area contributed by atoms with Gasteiger partial charge in [0.15, 0.2) is 0 Å². The lowest BCUT2D eigenvalue weighted by Gasteiger charge is -2.23. The predicted molar refractivity (Wildman–Crippen MR) is 69.7 cm³/mol. The summed E-state index contributed by atoms with van der Waals surface area (Å²) in [5.74, 6) is 0.424. The summed E-state index contributed by atoms with van der Waals surface area (Å²) in [6.45, 7) is 2.14. The molecule has 0 unspecified atom stereocenters. The van der Waals surface area contributed by atoms with Crippen molar-refractivity contribution in [2.45, 2.75) is 37.7 Å². The standard InChI is InChI=1S/C15H19NO2/c17-15(18-14-4-5-14)13-3-1-2-12(10-13)11-6-8-16-9-7-11/h1-3,10-11,14,16H,4-9H2. The van der Waals surface area contributed by atoms with Crippen LogP contribution in [0, 0.1) is 0 Å². The van der Waals surface area contributed by atoms with Crippen molar-refractivity contribution in [2.75, 3.05) is 13.1 Å². The fraction of sp³-hybridized carbons (Fsp3) is 0.533. The Morgan fingerprint density at radius 2 is 1.94 bits per heavy atom. The van der Waals surface area contributed by atoms with Crippen LogP contribution in [0.15, 0.2) is 24.3 Å². The summed E-state index contributed by atoms with van der Waals surface area (Å²) in [7, 11) is 0. The van der Waals surface area contributed by atoms with Crippen LogP contribution in [0.3, 0.4) is 0 Å². The molecule has 2 fully saturated rings. The summed E-state index contributed by atoms with van der Waals surface area (Å²) < 4.78 is 5.34. The summed E-state index contributed by atoms with van der Waals surface area (Å²) in [6, 6.07) is 7.97. The molecule has 1 saturated heterocycles. The molecular weight excluding hydrogens is 226 g/mol. The maximum Gasteiger partial charge on any atom is 0.338 e. The number of benzene rings is 1. The highest BCUT2D eigenvalue weighted by Crippen LogP contribution is 2.28. The van der Waals surface area contributed by atoms with Crippen LogP contribution in [0.4, 0.5) is 0 Å². The second-order valence-electron chi connectivity index (χ2n) is 5.25. The molecule has 1 aliphatic heterocycles. The van der Waals surface area contributed by atoms with Crippen LogP contribution in [0.1, 0.15) is 47.5 Å². The first-order valence-corrected chi connectivity index (χ1v) is 6.84. The number of nitrogens with one attached hydrogen (secondary N) is 1. The Kier molecular flexibility index (Phi) is 3.33. The number of ether oxygens (including phenoxy) is 1. The second kappa shape index (κ2) is 5.11. The van der Waals surface area contributed by atoms with Gasteiger partial charge in [-0.05, 0) is 62.4 Å². The molecular formula is C15H19NO2. The van der Waals surface area contributed by atoms with E-state index in [1.165, 1.54) is 5.56 Å². The van der Waals surface area contributed by atoms with Crippen molar-refractivity contribution in [3.63, 3.8) is 0 Å². The van der Waals surface area contributed by atoms with E-state index in [4.69, 9.17) is 4.74 Å². The van der Waals surface area contributed by atoms with Crippen molar-refractivity contribution in [1.82, 2.24) is 5.32 Å². The van der Waals surface area contributed by atoms with Gasteiger partial charge in [-0.3, -0.25) is 0 Å². The molecule has 1 N–H and O–H groups in total. The SMILES string of the molecule is O=C(OC1CC1)c1cccc(C2CCNCC2)c1. The van der Waals surface area contributed by atoms with Gasteiger partial charge in [0.1, 0.15) is 6.10 Å². The number of carbonyl (C=O) groups excluding carboxylic acids is 1. The normalized spacial score (nSPS) is 20.7. The Morgan fingerprint density at radius 1 is 1.17 bits per heavy atom. The Bertz CT molecular complexity index is 434. The maximum absolute atomic E-state index is 11.9. The van der Waals surface area contributed by atoms with Gasteiger partial charge in [0.25, 0.3) is 0 Å². The van der Waals surface area contributed by atoms with E-state index in [9.17, 15) is 4.79 Å². The van der Waals surface area contributed by atoms with Gasteiger partial charge in [0.05, 0.1) is 5.56 Å². The first-order chi connectivity index (χ1) is 8.83. The first-order valence-electron chi connectivity index (χ1n) is 6.84. The molecule has 1 aromatic rings. The molecule has 3 heteroatoms. The summed E-state index contributed by atoms with van der Waals surface area (Å²) >= 11 is 0. The van der Waals surface area contributed by atoms with Crippen molar-refractivity contribution in [3.8, 4) is 0 Å². The quantitative estimate of drug-likeness (QED) is 0.831. The molecule has 1 aliphatic carbocycles. The lowest BCUT2D eigenvalue weighted by Crippen LogP contribution is -2.26. The predicted octanol–water partition coefficient (Wildman–Crippen LogP) is 2.47. The van der Waals surface area contributed by atoms with Crippen LogP contribution in [-0.2, 0) is 4.74 Å². The number of hydrogen-bond acceptors (Lipinski definition) is 3. The molecule has 2 aliphatic rings. The molecule has 0 bridgehead atoms. The Morgan fingerprint density at radius 3 is 2.67 bits per heavy atom. The van der Waals surface area contributed by atoms with Crippen LogP contribution in [-0.4, -0.2) is 25.2 Å². The minimum absolute atomic E-state index is 0.159. The zero-order valence-corrected chi connectivity index (χ0v) is 10.5. The highest BCUT2D eigenvalue weighted by Gasteiger charge is 2.26. The molecule has 0 spiro atoms. The molecule has 3 rings (SSSR count).